The number of pyridine rings is 1. The topological polar surface area (TPSA) is 109 Å². The van der Waals surface area contributed by atoms with Crippen LogP contribution in [0.25, 0.3) is 22.4 Å². The highest BCUT2D eigenvalue weighted by Crippen LogP contribution is 2.23. The smallest absolute Gasteiger partial charge is 0.256 e. The van der Waals surface area contributed by atoms with Gasteiger partial charge < -0.3 is 20.4 Å². The fourth-order valence-electron chi connectivity index (χ4n) is 3.57. The van der Waals surface area contributed by atoms with Crippen LogP contribution in [0.2, 0.25) is 0 Å². The summed E-state index contributed by atoms with van der Waals surface area (Å²) in [6.45, 7) is 0. The van der Waals surface area contributed by atoms with E-state index in [4.69, 9.17) is 4.74 Å². The van der Waals surface area contributed by atoms with E-state index < -0.39 is 0 Å². The molecule has 0 spiro atoms. The minimum absolute atomic E-state index is 0.208. The minimum Gasteiger partial charge on any atom is -0.497 e. The molecule has 0 fully saturated rings. The SMILES string of the molecule is COc1ccc(C(=O)Nc2ccc(-c3nc4ccc(C(=O)Nc5ccccn5)cc4[nH]3)cc2)cc1. The van der Waals surface area contributed by atoms with Crippen molar-refractivity contribution in [2.75, 3.05) is 17.7 Å². The molecule has 2 heterocycles. The molecule has 0 radical (unpaired) electrons. The van der Waals surface area contributed by atoms with Gasteiger partial charge in [0.2, 0.25) is 0 Å². The molecule has 8 heteroatoms. The number of hydrogen-bond donors (Lipinski definition) is 3. The number of ether oxygens (including phenoxy) is 1. The van der Waals surface area contributed by atoms with E-state index in [0.717, 1.165) is 16.6 Å². The molecule has 35 heavy (non-hydrogen) atoms. The van der Waals surface area contributed by atoms with E-state index in [1.54, 1.807) is 67.9 Å². The number of H-pyrrole nitrogens is 1. The third kappa shape index (κ3) is 4.86. The molecule has 5 aromatic rings. The molecule has 3 aromatic carbocycles. The van der Waals surface area contributed by atoms with Crippen molar-refractivity contribution in [2.24, 2.45) is 0 Å². The lowest BCUT2D eigenvalue weighted by Gasteiger charge is -2.07. The van der Waals surface area contributed by atoms with Crippen molar-refractivity contribution >= 4 is 34.4 Å². The van der Waals surface area contributed by atoms with Crippen molar-refractivity contribution < 1.29 is 14.3 Å². The maximum absolute atomic E-state index is 12.6. The van der Waals surface area contributed by atoms with Crippen LogP contribution in [-0.4, -0.2) is 33.9 Å². The molecule has 0 bridgehead atoms. The second-order valence-corrected chi connectivity index (χ2v) is 7.75. The molecular formula is C27H21N5O3. The summed E-state index contributed by atoms with van der Waals surface area (Å²) in [5, 5.41) is 5.66. The second-order valence-electron chi connectivity index (χ2n) is 7.75. The molecule has 5 rings (SSSR count). The van der Waals surface area contributed by atoms with E-state index in [9.17, 15) is 9.59 Å². The molecule has 0 unspecified atom stereocenters. The molecule has 3 N–H and O–H groups in total. The Hall–Kier alpha value is -4.98. The van der Waals surface area contributed by atoms with Crippen LogP contribution in [0.15, 0.2) is 91.1 Å². The van der Waals surface area contributed by atoms with Crippen LogP contribution in [0, 0.1) is 0 Å². The number of imidazole rings is 1. The molecule has 0 atom stereocenters. The van der Waals surface area contributed by atoms with Crippen LogP contribution in [-0.2, 0) is 0 Å². The number of amides is 2. The Morgan fingerprint density at radius 1 is 0.829 bits per heavy atom. The molecule has 0 aliphatic rings. The molecule has 0 aliphatic carbocycles. The average Bonchev–Trinajstić information content (AvgIpc) is 3.33. The Balaban J connectivity index is 1.30. The third-order valence-electron chi connectivity index (χ3n) is 5.42. The Morgan fingerprint density at radius 2 is 1.57 bits per heavy atom. The maximum Gasteiger partial charge on any atom is 0.256 e. The van der Waals surface area contributed by atoms with Gasteiger partial charge in [0.1, 0.15) is 17.4 Å². The van der Waals surface area contributed by atoms with Gasteiger partial charge in [0.25, 0.3) is 11.8 Å². The average molecular weight is 463 g/mol. The van der Waals surface area contributed by atoms with Crippen LogP contribution in [0.5, 0.6) is 5.75 Å². The van der Waals surface area contributed by atoms with E-state index in [0.29, 0.717) is 34.2 Å². The zero-order chi connectivity index (χ0) is 24.2. The van der Waals surface area contributed by atoms with Gasteiger partial charge in [-0.2, -0.15) is 0 Å². The van der Waals surface area contributed by atoms with Crippen LogP contribution in [0.4, 0.5) is 11.5 Å². The predicted molar refractivity (Wildman–Crippen MR) is 135 cm³/mol. The van der Waals surface area contributed by atoms with E-state index in [2.05, 4.69) is 25.6 Å². The van der Waals surface area contributed by atoms with E-state index in [-0.39, 0.29) is 11.8 Å². The second kappa shape index (κ2) is 9.48. The lowest BCUT2D eigenvalue weighted by molar-refractivity contribution is 0.101. The van der Waals surface area contributed by atoms with E-state index >= 15 is 0 Å². The summed E-state index contributed by atoms with van der Waals surface area (Å²) < 4.78 is 5.12. The lowest BCUT2D eigenvalue weighted by atomic mass is 10.1. The Bertz CT molecular complexity index is 1490. The Labute approximate surface area is 201 Å². The highest BCUT2D eigenvalue weighted by molar-refractivity contribution is 6.06. The van der Waals surface area contributed by atoms with Crippen molar-refractivity contribution in [2.45, 2.75) is 0 Å². The number of nitrogens with zero attached hydrogens (tertiary/aromatic N) is 2. The van der Waals surface area contributed by atoms with E-state index in [1.807, 2.05) is 30.3 Å². The fraction of sp³-hybridized carbons (Fsp3) is 0.0370. The number of methoxy groups -OCH3 is 1. The lowest BCUT2D eigenvalue weighted by Crippen LogP contribution is -2.12. The normalized spacial score (nSPS) is 10.7. The first-order valence-electron chi connectivity index (χ1n) is 10.9. The van der Waals surface area contributed by atoms with Gasteiger partial charge in [-0.15, -0.1) is 0 Å². The number of carbonyl (C=O) groups is 2. The molecule has 172 valence electrons. The number of nitrogens with one attached hydrogen (secondary N) is 3. The van der Waals surface area contributed by atoms with Crippen molar-refractivity contribution in [3.8, 4) is 17.1 Å². The zero-order valence-corrected chi connectivity index (χ0v) is 18.8. The van der Waals surface area contributed by atoms with Crippen LogP contribution in [0.3, 0.4) is 0 Å². The molecular weight excluding hydrogens is 442 g/mol. The predicted octanol–water partition coefficient (Wildman–Crippen LogP) is 5.14. The van der Waals surface area contributed by atoms with Crippen molar-refractivity contribution in [1.29, 1.82) is 0 Å². The summed E-state index contributed by atoms with van der Waals surface area (Å²) in [5.74, 6) is 1.38. The maximum atomic E-state index is 12.6. The van der Waals surface area contributed by atoms with Gasteiger partial charge in [0.15, 0.2) is 0 Å². The number of aromatic amines is 1. The molecule has 2 aromatic heterocycles. The van der Waals surface area contributed by atoms with Gasteiger partial charge in [-0.25, -0.2) is 9.97 Å². The molecule has 0 saturated carbocycles. The number of fused-ring (bicyclic) bond motifs is 1. The van der Waals surface area contributed by atoms with Gasteiger partial charge in [0, 0.05) is 28.6 Å². The minimum atomic E-state index is -0.251. The molecule has 0 aliphatic heterocycles. The first-order valence-corrected chi connectivity index (χ1v) is 10.9. The summed E-state index contributed by atoms with van der Waals surface area (Å²) in [6.07, 6.45) is 1.62. The number of aromatic nitrogens is 3. The number of carbonyl (C=O) groups excluding carboxylic acids is 2. The largest absolute Gasteiger partial charge is 0.497 e. The van der Waals surface area contributed by atoms with Gasteiger partial charge in [-0.1, -0.05) is 6.07 Å². The first-order chi connectivity index (χ1) is 17.1. The van der Waals surface area contributed by atoms with Crippen molar-refractivity contribution in [3.05, 3.63) is 102 Å². The quantitative estimate of drug-likeness (QED) is 0.323. The van der Waals surface area contributed by atoms with Gasteiger partial charge in [-0.05, 0) is 78.9 Å². The summed E-state index contributed by atoms with van der Waals surface area (Å²) in [4.78, 5) is 37.1. The highest BCUT2D eigenvalue weighted by Gasteiger charge is 2.12. The van der Waals surface area contributed by atoms with E-state index in [1.165, 1.54) is 0 Å². The Morgan fingerprint density at radius 3 is 2.29 bits per heavy atom. The third-order valence-corrected chi connectivity index (χ3v) is 5.42. The number of benzene rings is 3. The summed E-state index contributed by atoms with van der Waals surface area (Å²) in [7, 11) is 1.58. The standard InChI is InChI=1S/C27H21N5O3/c1-35-21-12-7-18(8-13-21)26(33)29-20-10-5-17(6-11-20)25-30-22-14-9-19(16-23(22)31-25)27(34)32-24-4-2-3-15-28-24/h2-16H,1H3,(H,29,33)(H,30,31)(H,28,32,34). The molecule has 8 nitrogen and oxygen atoms in total. The highest BCUT2D eigenvalue weighted by atomic mass is 16.5. The number of anilines is 2. The van der Waals surface area contributed by atoms with Gasteiger partial charge >= 0.3 is 0 Å². The fourth-order valence-corrected chi connectivity index (χ4v) is 3.57. The number of hydrogen-bond acceptors (Lipinski definition) is 5. The van der Waals surface area contributed by atoms with Crippen molar-refractivity contribution in [1.82, 2.24) is 15.0 Å². The van der Waals surface area contributed by atoms with Gasteiger partial charge in [-0.3, -0.25) is 9.59 Å². The van der Waals surface area contributed by atoms with Crippen LogP contribution in [0.1, 0.15) is 20.7 Å². The summed E-state index contributed by atoms with van der Waals surface area (Å²) in [5.41, 5.74) is 4.03. The van der Waals surface area contributed by atoms with Crippen LogP contribution >= 0.6 is 0 Å². The Kier molecular flexibility index (Phi) is 5.92. The zero-order valence-electron chi connectivity index (χ0n) is 18.8. The van der Waals surface area contributed by atoms with Gasteiger partial charge in [0.05, 0.1) is 18.1 Å². The molecule has 0 saturated heterocycles. The molecule has 2 amide bonds. The summed E-state index contributed by atoms with van der Waals surface area (Å²) in [6, 6.07) is 24.9. The van der Waals surface area contributed by atoms with Crippen molar-refractivity contribution in [3.63, 3.8) is 0 Å². The van der Waals surface area contributed by atoms with Crippen LogP contribution < -0.4 is 15.4 Å². The number of rotatable bonds is 6. The summed E-state index contributed by atoms with van der Waals surface area (Å²) >= 11 is 0. The first kappa shape index (κ1) is 21.8. The monoisotopic (exact) mass is 463 g/mol.